The fourth-order valence-electron chi connectivity index (χ4n) is 1.92. The summed E-state index contributed by atoms with van der Waals surface area (Å²) < 4.78 is 5.33. The molecule has 0 aromatic heterocycles. The van der Waals surface area contributed by atoms with Crippen LogP contribution in [-0.4, -0.2) is 38.3 Å². The third-order valence-electron chi connectivity index (χ3n) is 2.42. The van der Waals surface area contributed by atoms with Gasteiger partial charge in [-0.05, 0) is 7.05 Å². The molecule has 0 bridgehead atoms. The van der Waals surface area contributed by atoms with Gasteiger partial charge in [0.2, 0.25) is 0 Å². The van der Waals surface area contributed by atoms with Gasteiger partial charge in [0.25, 0.3) is 0 Å². The van der Waals surface area contributed by atoms with Crippen LogP contribution in [-0.2, 0) is 4.74 Å². The predicted molar refractivity (Wildman–Crippen MR) is 35.3 cm³/mol. The van der Waals surface area contributed by atoms with E-state index in [4.69, 9.17) is 4.74 Å². The molecule has 0 aliphatic carbocycles. The molecule has 2 aliphatic heterocycles. The molecule has 0 radical (unpaired) electrons. The summed E-state index contributed by atoms with van der Waals surface area (Å²) >= 11 is 0. The van der Waals surface area contributed by atoms with E-state index >= 15 is 0 Å². The molecular weight excluding hydrogens is 114 g/mol. The van der Waals surface area contributed by atoms with Gasteiger partial charge in [0.05, 0.1) is 13.2 Å². The van der Waals surface area contributed by atoms with E-state index in [1.807, 2.05) is 0 Å². The molecule has 2 heterocycles. The summed E-state index contributed by atoms with van der Waals surface area (Å²) in [5.74, 6) is 1.71. The highest BCUT2D eigenvalue weighted by Crippen LogP contribution is 2.27. The normalized spacial score (nSPS) is 43.7. The Balaban J connectivity index is 2.02. The van der Waals surface area contributed by atoms with Crippen LogP contribution in [0, 0.1) is 11.8 Å². The summed E-state index contributed by atoms with van der Waals surface area (Å²) in [7, 11) is 2.19. The molecule has 2 nitrogen and oxygen atoms in total. The molecule has 9 heavy (non-hydrogen) atoms. The van der Waals surface area contributed by atoms with Crippen molar-refractivity contribution in [3.63, 3.8) is 0 Å². The van der Waals surface area contributed by atoms with Gasteiger partial charge in [-0.25, -0.2) is 0 Å². The van der Waals surface area contributed by atoms with Crippen molar-refractivity contribution < 1.29 is 4.74 Å². The topological polar surface area (TPSA) is 12.5 Å². The molecule has 0 aromatic rings. The Morgan fingerprint density at radius 2 is 1.78 bits per heavy atom. The first-order chi connectivity index (χ1) is 4.36. The van der Waals surface area contributed by atoms with Crippen molar-refractivity contribution >= 4 is 0 Å². The molecule has 0 aromatic carbocycles. The molecule has 0 saturated carbocycles. The average molecular weight is 127 g/mol. The summed E-state index contributed by atoms with van der Waals surface area (Å²) in [5, 5.41) is 0. The number of ether oxygens (including phenoxy) is 1. The molecule has 2 fully saturated rings. The Bertz CT molecular complexity index is 103. The van der Waals surface area contributed by atoms with Crippen molar-refractivity contribution in [1.82, 2.24) is 4.90 Å². The minimum absolute atomic E-state index is 0.856. The fourth-order valence-corrected chi connectivity index (χ4v) is 1.92. The van der Waals surface area contributed by atoms with E-state index in [0.717, 1.165) is 25.0 Å². The Hall–Kier alpha value is -0.0800. The monoisotopic (exact) mass is 127 g/mol. The molecule has 2 aliphatic rings. The smallest absolute Gasteiger partial charge is 0.0510 e. The van der Waals surface area contributed by atoms with Crippen molar-refractivity contribution in [1.29, 1.82) is 0 Å². The number of likely N-dealkylation sites (tertiary alicyclic amines) is 1. The van der Waals surface area contributed by atoms with E-state index in [1.54, 1.807) is 0 Å². The van der Waals surface area contributed by atoms with Gasteiger partial charge >= 0.3 is 0 Å². The third-order valence-corrected chi connectivity index (χ3v) is 2.42. The zero-order chi connectivity index (χ0) is 6.27. The summed E-state index contributed by atoms with van der Waals surface area (Å²) in [4.78, 5) is 2.40. The highest BCUT2D eigenvalue weighted by Gasteiger charge is 2.35. The van der Waals surface area contributed by atoms with Crippen LogP contribution in [0.1, 0.15) is 0 Å². The SMILES string of the molecule is CN1CC2COCC2C1. The van der Waals surface area contributed by atoms with Crippen LogP contribution >= 0.6 is 0 Å². The maximum absolute atomic E-state index is 5.33. The maximum Gasteiger partial charge on any atom is 0.0510 e. The van der Waals surface area contributed by atoms with Crippen LogP contribution in [0.3, 0.4) is 0 Å². The van der Waals surface area contributed by atoms with Gasteiger partial charge in [-0.3, -0.25) is 0 Å². The number of hydrogen-bond acceptors (Lipinski definition) is 2. The summed E-state index contributed by atoms with van der Waals surface area (Å²) in [6, 6.07) is 0. The first-order valence-electron chi connectivity index (χ1n) is 3.62. The zero-order valence-corrected chi connectivity index (χ0v) is 5.84. The summed E-state index contributed by atoms with van der Waals surface area (Å²) in [6.07, 6.45) is 0. The van der Waals surface area contributed by atoms with Gasteiger partial charge in [-0.15, -0.1) is 0 Å². The molecular formula is C7H13NO. The predicted octanol–water partition coefficient (Wildman–Crippen LogP) is 0.194. The highest BCUT2D eigenvalue weighted by molar-refractivity contribution is 4.85. The lowest BCUT2D eigenvalue weighted by molar-refractivity contribution is 0.160. The lowest BCUT2D eigenvalue weighted by Crippen LogP contribution is -2.16. The van der Waals surface area contributed by atoms with Crippen molar-refractivity contribution in [2.75, 3.05) is 33.4 Å². The van der Waals surface area contributed by atoms with E-state index in [-0.39, 0.29) is 0 Å². The van der Waals surface area contributed by atoms with Gasteiger partial charge in [0.1, 0.15) is 0 Å². The minimum atomic E-state index is 0.856. The Morgan fingerprint density at radius 1 is 1.22 bits per heavy atom. The van der Waals surface area contributed by atoms with E-state index in [1.165, 1.54) is 13.1 Å². The van der Waals surface area contributed by atoms with Crippen molar-refractivity contribution in [3.05, 3.63) is 0 Å². The minimum Gasteiger partial charge on any atom is -0.381 e. The molecule has 2 unspecified atom stereocenters. The number of fused-ring (bicyclic) bond motifs is 1. The lowest BCUT2D eigenvalue weighted by Gasteiger charge is -2.07. The Morgan fingerprint density at radius 3 is 2.33 bits per heavy atom. The van der Waals surface area contributed by atoms with Gasteiger partial charge < -0.3 is 9.64 Å². The quantitative estimate of drug-likeness (QED) is 0.460. The van der Waals surface area contributed by atoms with Crippen LogP contribution in [0.2, 0.25) is 0 Å². The average Bonchev–Trinajstić information content (AvgIpc) is 2.22. The maximum atomic E-state index is 5.33. The molecule has 2 saturated heterocycles. The van der Waals surface area contributed by atoms with Crippen LogP contribution in [0.5, 0.6) is 0 Å². The van der Waals surface area contributed by atoms with E-state index in [0.29, 0.717) is 0 Å². The van der Waals surface area contributed by atoms with Gasteiger partial charge in [0.15, 0.2) is 0 Å². The molecule has 2 rings (SSSR count). The fraction of sp³-hybridized carbons (Fsp3) is 1.00. The number of nitrogens with zero attached hydrogens (tertiary/aromatic N) is 1. The lowest BCUT2D eigenvalue weighted by atomic mass is 10.0. The molecule has 0 N–H and O–H groups in total. The molecule has 0 amide bonds. The van der Waals surface area contributed by atoms with E-state index < -0.39 is 0 Å². The second-order valence-corrected chi connectivity index (χ2v) is 3.28. The van der Waals surface area contributed by atoms with Crippen LogP contribution < -0.4 is 0 Å². The standard InChI is InChI=1S/C7H13NO/c1-8-2-6-4-9-5-7(6)3-8/h6-7H,2-5H2,1H3. The summed E-state index contributed by atoms with van der Waals surface area (Å²) in [6.45, 7) is 4.53. The number of hydrogen-bond donors (Lipinski definition) is 0. The van der Waals surface area contributed by atoms with Crippen molar-refractivity contribution in [3.8, 4) is 0 Å². The first kappa shape index (κ1) is 5.69. The van der Waals surface area contributed by atoms with Crippen LogP contribution in [0.25, 0.3) is 0 Å². The van der Waals surface area contributed by atoms with Crippen molar-refractivity contribution in [2.24, 2.45) is 11.8 Å². The second-order valence-electron chi connectivity index (χ2n) is 3.28. The van der Waals surface area contributed by atoms with E-state index in [2.05, 4.69) is 11.9 Å². The van der Waals surface area contributed by atoms with E-state index in [9.17, 15) is 0 Å². The Kier molecular flexibility index (Phi) is 1.24. The molecule has 0 spiro atoms. The highest BCUT2D eigenvalue weighted by atomic mass is 16.5. The molecule has 2 atom stereocenters. The Labute approximate surface area is 55.8 Å². The number of rotatable bonds is 0. The molecule has 2 heteroatoms. The third kappa shape index (κ3) is 0.864. The zero-order valence-electron chi connectivity index (χ0n) is 5.84. The largest absolute Gasteiger partial charge is 0.381 e. The van der Waals surface area contributed by atoms with Gasteiger partial charge in [-0.1, -0.05) is 0 Å². The summed E-state index contributed by atoms with van der Waals surface area (Å²) in [5.41, 5.74) is 0. The van der Waals surface area contributed by atoms with Crippen LogP contribution in [0.15, 0.2) is 0 Å². The molecule has 52 valence electrons. The van der Waals surface area contributed by atoms with Crippen LogP contribution in [0.4, 0.5) is 0 Å². The first-order valence-corrected chi connectivity index (χ1v) is 3.62. The van der Waals surface area contributed by atoms with Gasteiger partial charge in [-0.2, -0.15) is 0 Å². The second kappa shape index (κ2) is 1.96. The van der Waals surface area contributed by atoms with Crippen molar-refractivity contribution in [2.45, 2.75) is 0 Å². The van der Waals surface area contributed by atoms with Gasteiger partial charge in [0, 0.05) is 24.9 Å².